The Morgan fingerprint density at radius 3 is 2.76 bits per heavy atom. The molecule has 116 valence electrons. The van der Waals surface area contributed by atoms with Gasteiger partial charge < -0.3 is 15.4 Å². The lowest BCUT2D eigenvalue weighted by atomic mass is 10.2. The van der Waals surface area contributed by atoms with Crippen molar-refractivity contribution in [3.63, 3.8) is 0 Å². The van der Waals surface area contributed by atoms with Gasteiger partial charge in [-0.05, 0) is 24.4 Å². The third-order valence-electron chi connectivity index (χ3n) is 3.01. The number of thiazole rings is 1. The van der Waals surface area contributed by atoms with Crippen molar-refractivity contribution in [2.24, 2.45) is 5.92 Å². The summed E-state index contributed by atoms with van der Waals surface area (Å²) in [6, 6.07) is 0. The first-order valence-electron chi connectivity index (χ1n) is 6.94. The molecule has 7 heteroatoms. The van der Waals surface area contributed by atoms with Gasteiger partial charge in [0.2, 0.25) is 0 Å². The zero-order valence-electron chi connectivity index (χ0n) is 12.9. The highest BCUT2D eigenvalue weighted by atomic mass is 32.1. The number of ether oxygens (including phenoxy) is 1. The summed E-state index contributed by atoms with van der Waals surface area (Å²) in [5, 5.41) is 4.17. The van der Waals surface area contributed by atoms with Crippen molar-refractivity contribution in [3.05, 3.63) is 10.4 Å². The lowest BCUT2D eigenvalue weighted by molar-refractivity contribution is 0.204. The van der Waals surface area contributed by atoms with Crippen molar-refractivity contribution in [1.82, 2.24) is 9.36 Å². The molecule has 2 heterocycles. The maximum absolute atomic E-state index is 6.09. The number of aryl methyl sites for hydroxylation is 1. The average Bonchev–Trinajstić information content (AvgIpc) is 3.00. The van der Waals surface area contributed by atoms with Gasteiger partial charge in [0.1, 0.15) is 10.8 Å². The van der Waals surface area contributed by atoms with Crippen molar-refractivity contribution in [1.29, 1.82) is 0 Å². The van der Waals surface area contributed by atoms with Gasteiger partial charge in [-0.25, -0.2) is 4.98 Å². The van der Waals surface area contributed by atoms with E-state index in [1.165, 1.54) is 11.5 Å². The Bertz CT molecular complexity index is 579. The number of anilines is 2. The van der Waals surface area contributed by atoms with Gasteiger partial charge in [0.15, 0.2) is 0 Å². The first-order valence-corrected chi connectivity index (χ1v) is 8.59. The second-order valence-corrected chi connectivity index (χ2v) is 7.15. The third kappa shape index (κ3) is 3.93. The molecule has 0 spiro atoms. The number of nitrogens with two attached hydrogens (primary N) is 1. The van der Waals surface area contributed by atoms with Crippen LogP contribution in [0.15, 0.2) is 5.38 Å². The van der Waals surface area contributed by atoms with Gasteiger partial charge in [-0.3, -0.25) is 0 Å². The topological polar surface area (TPSA) is 64.3 Å². The van der Waals surface area contributed by atoms with Crippen LogP contribution in [-0.2, 0) is 4.74 Å². The Morgan fingerprint density at radius 2 is 2.19 bits per heavy atom. The van der Waals surface area contributed by atoms with Crippen LogP contribution >= 0.6 is 22.9 Å². The summed E-state index contributed by atoms with van der Waals surface area (Å²) < 4.78 is 9.57. The first-order chi connectivity index (χ1) is 10.0. The van der Waals surface area contributed by atoms with Gasteiger partial charge in [0.05, 0.1) is 22.9 Å². The van der Waals surface area contributed by atoms with Gasteiger partial charge in [-0.2, -0.15) is 4.37 Å². The maximum atomic E-state index is 6.09. The van der Waals surface area contributed by atoms with Crippen LogP contribution in [0.5, 0.6) is 0 Å². The van der Waals surface area contributed by atoms with Gasteiger partial charge >= 0.3 is 0 Å². The normalized spacial score (nSPS) is 11.3. The van der Waals surface area contributed by atoms with E-state index in [4.69, 9.17) is 10.5 Å². The van der Waals surface area contributed by atoms with E-state index in [2.05, 4.69) is 28.1 Å². The summed E-state index contributed by atoms with van der Waals surface area (Å²) >= 11 is 3.07. The molecule has 0 radical (unpaired) electrons. The molecule has 0 fully saturated rings. The minimum atomic E-state index is 0.551. The minimum Gasteiger partial charge on any atom is -0.383 e. The fraction of sp³-hybridized carbons (Fsp3) is 0.571. The number of nitrogen functional groups attached to an aromatic ring is 1. The van der Waals surface area contributed by atoms with Crippen LogP contribution < -0.4 is 10.6 Å². The van der Waals surface area contributed by atoms with Gasteiger partial charge in [0.25, 0.3) is 0 Å². The lowest BCUT2D eigenvalue weighted by Gasteiger charge is -2.25. The van der Waals surface area contributed by atoms with Crippen LogP contribution in [0.4, 0.5) is 10.8 Å². The molecule has 2 N–H and O–H groups in total. The van der Waals surface area contributed by atoms with E-state index in [1.807, 2.05) is 12.3 Å². The Labute approximate surface area is 133 Å². The molecule has 0 atom stereocenters. The molecule has 0 bridgehead atoms. The molecule has 2 rings (SSSR count). The molecule has 0 saturated heterocycles. The number of methoxy groups -OCH3 is 1. The highest BCUT2D eigenvalue weighted by Gasteiger charge is 2.21. The fourth-order valence-corrected chi connectivity index (χ4v) is 3.61. The Hall–Kier alpha value is -1.18. The van der Waals surface area contributed by atoms with Crippen molar-refractivity contribution >= 4 is 33.7 Å². The van der Waals surface area contributed by atoms with Crippen molar-refractivity contribution < 1.29 is 4.74 Å². The molecule has 2 aromatic rings. The largest absolute Gasteiger partial charge is 0.383 e. The summed E-state index contributed by atoms with van der Waals surface area (Å²) in [5.41, 5.74) is 7.97. The standard InChI is InChI=1S/C14H22N4OS2/c1-9(2)7-18(5-6-19-4)14-12(13(15)17-21-14)11-8-20-10(3)16-11/h8-9H,5-7H2,1-4H3,(H2,15,17). The summed E-state index contributed by atoms with van der Waals surface area (Å²) in [6.07, 6.45) is 0. The molecule has 0 aliphatic heterocycles. The fourth-order valence-electron chi connectivity index (χ4n) is 2.15. The number of rotatable bonds is 7. The lowest BCUT2D eigenvalue weighted by Crippen LogP contribution is -2.30. The van der Waals surface area contributed by atoms with Gasteiger partial charge in [-0.15, -0.1) is 11.3 Å². The second-order valence-electron chi connectivity index (χ2n) is 5.33. The van der Waals surface area contributed by atoms with Crippen LogP contribution in [0, 0.1) is 12.8 Å². The molecule has 21 heavy (non-hydrogen) atoms. The third-order valence-corrected chi connectivity index (χ3v) is 4.71. The van der Waals surface area contributed by atoms with Crippen molar-refractivity contribution in [3.8, 4) is 11.3 Å². The molecule has 0 aliphatic carbocycles. The summed E-state index contributed by atoms with van der Waals surface area (Å²) in [5.74, 6) is 1.11. The van der Waals surface area contributed by atoms with E-state index in [-0.39, 0.29) is 0 Å². The van der Waals surface area contributed by atoms with Crippen molar-refractivity contribution in [2.45, 2.75) is 20.8 Å². The number of hydrogen-bond acceptors (Lipinski definition) is 7. The average molecular weight is 326 g/mol. The predicted octanol–water partition coefficient (Wildman–Crippen LogP) is 3.27. The van der Waals surface area contributed by atoms with E-state index < -0.39 is 0 Å². The Morgan fingerprint density at radius 1 is 1.43 bits per heavy atom. The van der Waals surface area contributed by atoms with E-state index in [0.29, 0.717) is 18.3 Å². The minimum absolute atomic E-state index is 0.551. The zero-order chi connectivity index (χ0) is 15.4. The predicted molar refractivity (Wildman–Crippen MR) is 91.3 cm³/mol. The summed E-state index contributed by atoms with van der Waals surface area (Å²) in [6.45, 7) is 8.86. The van der Waals surface area contributed by atoms with Crippen LogP contribution in [0.3, 0.4) is 0 Å². The molecule has 0 aromatic carbocycles. The van der Waals surface area contributed by atoms with E-state index in [1.54, 1.807) is 18.4 Å². The molecule has 0 unspecified atom stereocenters. The van der Waals surface area contributed by atoms with E-state index in [0.717, 1.165) is 34.4 Å². The number of hydrogen-bond donors (Lipinski definition) is 1. The van der Waals surface area contributed by atoms with Crippen LogP contribution in [-0.4, -0.2) is 36.2 Å². The summed E-state index contributed by atoms with van der Waals surface area (Å²) in [7, 11) is 1.72. The molecule has 5 nitrogen and oxygen atoms in total. The van der Waals surface area contributed by atoms with E-state index in [9.17, 15) is 0 Å². The highest BCUT2D eigenvalue weighted by molar-refractivity contribution is 7.11. The van der Waals surface area contributed by atoms with Gasteiger partial charge in [-0.1, -0.05) is 13.8 Å². The number of aromatic nitrogens is 2. The quantitative estimate of drug-likeness (QED) is 0.846. The Kier molecular flexibility index (Phi) is 5.55. The first kappa shape index (κ1) is 16.2. The summed E-state index contributed by atoms with van der Waals surface area (Å²) in [4.78, 5) is 6.86. The Balaban J connectivity index is 2.36. The smallest absolute Gasteiger partial charge is 0.148 e. The molecule has 0 amide bonds. The SMILES string of the molecule is COCCN(CC(C)C)c1snc(N)c1-c1csc(C)n1. The maximum Gasteiger partial charge on any atom is 0.148 e. The second kappa shape index (κ2) is 7.20. The molecule has 2 aromatic heterocycles. The highest BCUT2D eigenvalue weighted by Crippen LogP contribution is 2.39. The molecular formula is C14H22N4OS2. The van der Waals surface area contributed by atoms with Crippen LogP contribution in [0.2, 0.25) is 0 Å². The molecule has 0 saturated carbocycles. The monoisotopic (exact) mass is 326 g/mol. The van der Waals surface area contributed by atoms with Crippen LogP contribution in [0.25, 0.3) is 11.3 Å². The van der Waals surface area contributed by atoms with Crippen LogP contribution in [0.1, 0.15) is 18.9 Å². The number of nitrogens with zero attached hydrogens (tertiary/aromatic N) is 3. The van der Waals surface area contributed by atoms with E-state index >= 15 is 0 Å². The van der Waals surface area contributed by atoms with Crippen molar-refractivity contribution in [2.75, 3.05) is 37.4 Å². The van der Waals surface area contributed by atoms with Gasteiger partial charge in [0, 0.05) is 25.6 Å². The molecular weight excluding hydrogens is 304 g/mol. The zero-order valence-corrected chi connectivity index (χ0v) is 14.6. The molecule has 0 aliphatic rings.